The molecule has 2 N–H and O–H groups in total. The van der Waals surface area contributed by atoms with Crippen molar-refractivity contribution in [3.8, 4) is 0 Å². The van der Waals surface area contributed by atoms with Crippen molar-refractivity contribution in [1.29, 1.82) is 0 Å². The van der Waals surface area contributed by atoms with Crippen LogP contribution in [0.1, 0.15) is 84.0 Å². The molecule has 0 atom stereocenters. The molecule has 1 saturated heterocycles. The van der Waals surface area contributed by atoms with Gasteiger partial charge in [0.1, 0.15) is 4.83 Å². The van der Waals surface area contributed by atoms with E-state index in [1.165, 1.54) is 19.3 Å². The first kappa shape index (κ1) is 31.7. The van der Waals surface area contributed by atoms with Crippen LogP contribution in [0.25, 0.3) is 10.2 Å². The van der Waals surface area contributed by atoms with E-state index in [1.54, 1.807) is 24.3 Å². The van der Waals surface area contributed by atoms with Crippen LogP contribution in [0.15, 0.2) is 54.6 Å². The van der Waals surface area contributed by atoms with Crippen LogP contribution in [-0.2, 0) is 16.8 Å². The largest absolute Gasteiger partial charge is 0.448 e. The Balaban J connectivity index is 1.38. The number of amides is 2. The topological polar surface area (TPSA) is 106 Å². The number of piperidine rings is 1. The van der Waals surface area contributed by atoms with Crippen LogP contribution in [0.2, 0.25) is 5.02 Å². The van der Waals surface area contributed by atoms with Gasteiger partial charge >= 0.3 is 6.09 Å². The third kappa shape index (κ3) is 7.31. The Labute approximate surface area is 266 Å². The van der Waals surface area contributed by atoms with Crippen LogP contribution in [0, 0.1) is 0 Å². The van der Waals surface area contributed by atoms with Crippen molar-refractivity contribution < 1.29 is 19.1 Å². The van der Waals surface area contributed by atoms with E-state index in [0.717, 1.165) is 53.2 Å². The van der Waals surface area contributed by atoms with Crippen LogP contribution < -0.4 is 10.6 Å². The summed E-state index contributed by atoms with van der Waals surface area (Å²) in [4.78, 5) is 42.9. The highest BCUT2D eigenvalue weighted by atomic mass is 35.5. The van der Waals surface area contributed by atoms with Gasteiger partial charge in [0.15, 0.2) is 5.82 Å². The number of carbonyl (C=O) groups excluding carboxylic acids is 3. The Hall–Kier alpha value is -3.73. The maximum absolute atomic E-state index is 13.5. The van der Waals surface area contributed by atoms with Gasteiger partial charge in [-0.2, -0.15) is 4.68 Å². The lowest BCUT2D eigenvalue weighted by atomic mass is 9.94. The molecule has 5 rings (SSSR count). The molecule has 1 fully saturated rings. The van der Waals surface area contributed by atoms with Crippen LogP contribution in [0.5, 0.6) is 0 Å². The highest BCUT2D eigenvalue weighted by Gasteiger charge is 2.28. The standard InChI is InChI=1S/C33H38ClN5O4S/c1-4-5-19-43-32(42)39-31-24(20-27(44-31)30(41)36-33(2,3)25-11-7-8-12-26(25)34)28(37-39)35-29(40)23-15-13-22(14-16-23)21-38-17-9-6-10-18-38/h7-8,11-16,20H,4-6,9-10,17-19,21H2,1-3H3,(H,36,41)(H,35,37,40). The van der Waals surface area contributed by atoms with Gasteiger partial charge in [-0.1, -0.05) is 61.7 Å². The first-order valence-corrected chi connectivity index (χ1v) is 16.3. The van der Waals surface area contributed by atoms with Gasteiger partial charge in [0.25, 0.3) is 11.8 Å². The number of unbranched alkanes of at least 4 members (excludes halogenated alkanes) is 1. The highest BCUT2D eigenvalue weighted by molar-refractivity contribution is 7.20. The number of thiophene rings is 1. The van der Waals surface area contributed by atoms with Crippen LogP contribution in [0.4, 0.5) is 10.6 Å². The predicted octanol–water partition coefficient (Wildman–Crippen LogP) is 7.44. The molecule has 2 amide bonds. The average Bonchev–Trinajstić information content (AvgIpc) is 3.59. The monoisotopic (exact) mass is 635 g/mol. The molecule has 2 aromatic heterocycles. The van der Waals surface area contributed by atoms with Crippen molar-refractivity contribution in [2.24, 2.45) is 0 Å². The number of anilines is 1. The van der Waals surface area contributed by atoms with Crippen molar-refractivity contribution in [3.63, 3.8) is 0 Å². The third-order valence-corrected chi connectivity index (χ3v) is 9.20. The number of aromatic nitrogens is 2. The summed E-state index contributed by atoms with van der Waals surface area (Å²) < 4.78 is 6.53. The molecule has 0 unspecified atom stereocenters. The zero-order valence-corrected chi connectivity index (χ0v) is 26.9. The number of ether oxygens (including phenoxy) is 1. The summed E-state index contributed by atoms with van der Waals surface area (Å²) in [6, 6.07) is 16.5. The lowest BCUT2D eigenvalue weighted by molar-refractivity contribution is 0.0915. The van der Waals surface area contributed by atoms with E-state index in [2.05, 4.69) is 20.6 Å². The molecule has 3 heterocycles. The Morgan fingerprint density at radius 3 is 2.45 bits per heavy atom. The summed E-state index contributed by atoms with van der Waals surface area (Å²) in [5.41, 5.74) is 1.62. The van der Waals surface area contributed by atoms with Gasteiger partial charge in [0.05, 0.1) is 22.4 Å². The fourth-order valence-corrected chi connectivity index (χ4v) is 6.67. The minimum absolute atomic E-state index is 0.176. The van der Waals surface area contributed by atoms with E-state index in [0.29, 0.717) is 32.1 Å². The summed E-state index contributed by atoms with van der Waals surface area (Å²) in [5, 5.41) is 11.3. The average molecular weight is 636 g/mol. The summed E-state index contributed by atoms with van der Waals surface area (Å²) in [5.74, 6) is -0.531. The van der Waals surface area contributed by atoms with Crippen molar-refractivity contribution in [2.45, 2.75) is 65.0 Å². The molecule has 0 saturated carbocycles. The molecule has 0 spiro atoms. The van der Waals surface area contributed by atoms with Crippen molar-refractivity contribution in [3.05, 3.63) is 81.2 Å². The number of halogens is 1. The molecule has 0 radical (unpaired) electrons. The molecule has 232 valence electrons. The summed E-state index contributed by atoms with van der Waals surface area (Å²) in [6.45, 7) is 9.04. The quantitative estimate of drug-likeness (QED) is 0.176. The van der Waals surface area contributed by atoms with Crippen LogP contribution in [0.3, 0.4) is 0 Å². The van der Waals surface area contributed by atoms with Gasteiger partial charge in [-0.25, -0.2) is 4.79 Å². The minimum Gasteiger partial charge on any atom is -0.448 e. The second-order valence-corrected chi connectivity index (χ2v) is 13.0. The van der Waals surface area contributed by atoms with E-state index in [4.69, 9.17) is 16.3 Å². The van der Waals surface area contributed by atoms with Gasteiger partial charge in [0, 0.05) is 17.1 Å². The molecule has 0 aliphatic carbocycles. The fourth-order valence-electron chi connectivity index (χ4n) is 5.30. The Bertz CT molecular complexity index is 1640. The maximum atomic E-state index is 13.5. The zero-order chi connectivity index (χ0) is 31.3. The molecular weight excluding hydrogens is 598 g/mol. The first-order chi connectivity index (χ1) is 21.2. The van der Waals surface area contributed by atoms with Crippen LogP contribution in [-0.4, -0.2) is 52.3 Å². The Morgan fingerprint density at radius 2 is 1.75 bits per heavy atom. The summed E-state index contributed by atoms with van der Waals surface area (Å²) in [7, 11) is 0. The van der Waals surface area contributed by atoms with E-state index in [-0.39, 0.29) is 24.2 Å². The highest BCUT2D eigenvalue weighted by Crippen LogP contribution is 2.34. The van der Waals surface area contributed by atoms with E-state index in [9.17, 15) is 14.4 Å². The molecule has 9 nitrogen and oxygen atoms in total. The second-order valence-electron chi connectivity index (χ2n) is 11.6. The number of likely N-dealkylation sites (tertiary alicyclic amines) is 1. The molecular formula is C33H38ClN5O4S. The normalized spacial score (nSPS) is 14.0. The second kappa shape index (κ2) is 13.9. The number of benzene rings is 2. The third-order valence-electron chi connectivity index (χ3n) is 7.76. The maximum Gasteiger partial charge on any atom is 0.436 e. The Kier molecular flexibility index (Phi) is 10.0. The van der Waals surface area contributed by atoms with Crippen molar-refractivity contribution in [2.75, 3.05) is 25.0 Å². The zero-order valence-electron chi connectivity index (χ0n) is 25.3. The van der Waals surface area contributed by atoms with Gasteiger partial charge < -0.3 is 15.4 Å². The lowest BCUT2D eigenvalue weighted by Crippen LogP contribution is -2.40. The predicted molar refractivity (Wildman–Crippen MR) is 175 cm³/mol. The van der Waals surface area contributed by atoms with Crippen molar-refractivity contribution in [1.82, 2.24) is 20.0 Å². The SMILES string of the molecule is CCCCOC(=O)n1nc(NC(=O)c2ccc(CN3CCCCC3)cc2)c2cc(C(=O)NC(C)(C)c3ccccc3Cl)sc21. The fraction of sp³-hybridized carbons (Fsp3) is 0.394. The van der Waals surface area contributed by atoms with E-state index in [1.807, 2.05) is 51.1 Å². The summed E-state index contributed by atoms with van der Waals surface area (Å²) >= 11 is 7.51. The number of fused-ring (bicyclic) bond motifs is 1. The number of hydrogen-bond acceptors (Lipinski definition) is 7. The molecule has 4 aromatic rings. The molecule has 1 aliphatic rings. The van der Waals surface area contributed by atoms with Gasteiger partial charge in [-0.05, 0) is 81.6 Å². The summed E-state index contributed by atoms with van der Waals surface area (Å²) in [6.07, 6.45) is 4.63. The molecule has 2 aromatic carbocycles. The first-order valence-electron chi connectivity index (χ1n) is 15.1. The Morgan fingerprint density at radius 1 is 1.02 bits per heavy atom. The smallest absolute Gasteiger partial charge is 0.436 e. The number of nitrogens with one attached hydrogen (secondary N) is 2. The van der Waals surface area contributed by atoms with E-state index < -0.39 is 11.6 Å². The number of carbonyl (C=O) groups is 3. The molecule has 11 heteroatoms. The number of rotatable bonds is 10. The molecule has 0 bridgehead atoms. The molecule has 1 aliphatic heterocycles. The number of nitrogens with zero attached hydrogens (tertiary/aromatic N) is 3. The number of hydrogen-bond donors (Lipinski definition) is 2. The van der Waals surface area contributed by atoms with Crippen LogP contribution >= 0.6 is 22.9 Å². The van der Waals surface area contributed by atoms with E-state index >= 15 is 0 Å². The minimum atomic E-state index is -0.770. The lowest BCUT2D eigenvalue weighted by Gasteiger charge is -2.27. The van der Waals surface area contributed by atoms with Gasteiger partial charge in [0.2, 0.25) is 0 Å². The van der Waals surface area contributed by atoms with Gasteiger partial charge in [-0.15, -0.1) is 16.4 Å². The van der Waals surface area contributed by atoms with Crippen molar-refractivity contribution >= 4 is 56.9 Å². The molecule has 44 heavy (non-hydrogen) atoms. The van der Waals surface area contributed by atoms with Gasteiger partial charge in [-0.3, -0.25) is 14.5 Å².